The molecular formula is C23H24N2O5. The van der Waals surface area contributed by atoms with E-state index in [9.17, 15) is 9.59 Å². The quantitative estimate of drug-likeness (QED) is 0.517. The highest BCUT2D eigenvalue weighted by atomic mass is 16.5. The van der Waals surface area contributed by atoms with E-state index in [-0.39, 0.29) is 30.0 Å². The largest absolute Gasteiger partial charge is 0.497 e. The molecule has 0 saturated heterocycles. The monoisotopic (exact) mass is 408 g/mol. The summed E-state index contributed by atoms with van der Waals surface area (Å²) >= 11 is 0. The molecule has 1 aromatic heterocycles. The van der Waals surface area contributed by atoms with Crippen molar-refractivity contribution in [1.82, 2.24) is 10.1 Å². The average molecular weight is 408 g/mol. The van der Waals surface area contributed by atoms with Crippen LogP contribution in [0.5, 0.6) is 11.5 Å². The van der Waals surface area contributed by atoms with E-state index in [1.807, 2.05) is 31.2 Å². The van der Waals surface area contributed by atoms with Gasteiger partial charge >= 0.3 is 0 Å². The van der Waals surface area contributed by atoms with Gasteiger partial charge in [-0.05, 0) is 55.8 Å². The lowest BCUT2D eigenvalue weighted by atomic mass is 10.1. The third kappa shape index (κ3) is 4.86. The topological polar surface area (TPSA) is 81.9 Å². The molecule has 0 fully saturated rings. The first-order valence-electron chi connectivity index (χ1n) is 9.49. The van der Waals surface area contributed by atoms with Crippen molar-refractivity contribution in [3.63, 3.8) is 0 Å². The smallest absolute Gasteiger partial charge is 0.276 e. The Kier molecular flexibility index (Phi) is 6.51. The minimum Gasteiger partial charge on any atom is -0.497 e. The van der Waals surface area contributed by atoms with E-state index in [0.717, 1.165) is 11.3 Å². The summed E-state index contributed by atoms with van der Waals surface area (Å²) in [6.45, 7) is 3.56. The number of hydrogen-bond donors (Lipinski definition) is 0. The number of ketones is 1. The van der Waals surface area contributed by atoms with E-state index in [1.54, 1.807) is 49.4 Å². The highest BCUT2D eigenvalue weighted by Gasteiger charge is 2.22. The number of aromatic nitrogens is 1. The van der Waals surface area contributed by atoms with Gasteiger partial charge in [-0.25, -0.2) is 0 Å². The molecule has 156 valence electrons. The van der Waals surface area contributed by atoms with Gasteiger partial charge in [0, 0.05) is 18.7 Å². The maximum absolute atomic E-state index is 12.8. The summed E-state index contributed by atoms with van der Waals surface area (Å²) in [6, 6.07) is 15.8. The maximum atomic E-state index is 12.8. The number of nitrogens with zero attached hydrogens (tertiary/aromatic N) is 2. The van der Waals surface area contributed by atoms with Gasteiger partial charge in [0.2, 0.25) is 0 Å². The lowest BCUT2D eigenvalue weighted by Gasteiger charge is -2.24. The van der Waals surface area contributed by atoms with Gasteiger partial charge < -0.3 is 18.9 Å². The van der Waals surface area contributed by atoms with Crippen LogP contribution in [0, 0.1) is 0 Å². The molecule has 0 aliphatic heterocycles. The first kappa shape index (κ1) is 21.1. The Balaban J connectivity index is 1.62. The van der Waals surface area contributed by atoms with Gasteiger partial charge in [-0.15, -0.1) is 0 Å². The molecule has 7 heteroatoms. The zero-order chi connectivity index (χ0) is 21.7. The molecule has 1 atom stereocenters. The second-order valence-corrected chi connectivity index (χ2v) is 6.92. The van der Waals surface area contributed by atoms with Crippen molar-refractivity contribution in [1.29, 1.82) is 0 Å². The number of Topliss-reactive ketones (excluding diaryl/α,β-unsaturated/α-hetero) is 1. The number of hydrogen-bond acceptors (Lipinski definition) is 6. The highest BCUT2D eigenvalue weighted by molar-refractivity contribution is 5.94. The van der Waals surface area contributed by atoms with E-state index in [1.165, 1.54) is 6.92 Å². The lowest BCUT2D eigenvalue weighted by molar-refractivity contribution is 0.0731. The molecule has 3 aromatic rings. The summed E-state index contributed by atoms with van der Waals surface area (Å²) in [5, 5.41) is 3.88. The average Bonchev–Trinajstić information content (AvgIpc) is 3.25. The molecular weight excluding hydrogens is 384 g/mol. The molecule has 0 N–H and O–H groups in total. The number of carbonyl (C=O) groups excluding carboxylic acids is 2. The van der Waals surface area contributed by atoms with E-state index in [0.29, 0.717) is 17.1 Å². The zero-order valence-electron chi connectivity index (χ0n) is 17.4. The second-order valence-electron chi connectivity index (χ2n) is 6.92. The van der Waals surface area contributed by atoms with Gasteiger partial charge in [-0.3, -0.25) is 9.59 Å². The van der Waals surface area contributed by atoms with Crippen LogP contribution >= 0.6 is 0 Å². The summed E-state index contributed by atoms with van der Waals surface area (Å²) in [4.78, 5) is 25.7. The second kappa shape index (κ2) is 9.26. The van der Waals surface area contributed by atoms with Crippen LogP contribution in [0.3, 0.4) is 0 Å². The Bertz CT molecular complexity index is 1030. The first-order valence-corrected chi connectivity index (χ1v) is 9.49. The summed E-state index contributed by atoms with van der Waals surface area (Å²) in [7, 11) is 3.32. The molecule has 7 nitrogen and oxygen atoms in total. The summed E-state index contributed by atoms with van der Waals surface area (Å²) in [5.74, 6) is 1.49. The van der Waals surface area contributed by atoms with Crippen molar-refractivity contribution in [2.45, 2.75) is 26.5 Å². The molecule has 2 aromatic carbocycles. The lowest BCUT2D eigenvalue weighted by Crippen LogP contribution is -2.29. The fourth-order valence-corrected chi connectivity index (χ4v) is 2.90. The maximum Gasteiger partial charge on any atom is 0.276 e. The number of amides is 1. The van der Waals surface area contributed by atoms with Crippen molar-refractivity contribution >= 4 is 11.7 Å². The minimum atomic E-state index is -0.258. The van der Waals surface area contributed by atoms with Crippen LogP contribution < -0.4 is 9.47 Å². The SMILES string of the molecule is COc1cccc([C@@H](C)N(C)C(=O)c2cc(COc3ccc(C(C)=O)cc3)on2)c1. The predicted octanol–water partition coefficient (Wildman–Crippen LogP) is 4.30. The third-order valence-corrected chi connectivity index (χ3v) is 4.90. The van der Waals surface area contributed by atoms with Crippen LogP contribution in [0.4, 0.5) is 0 Å². The minimum absolute atomic E-state index is 0.00719. The van der Waals surface area contributed by atoms with Crippen molar-refractivity contribution in [3.8, 4) is 11.5 Å². The van der Waals surface area contributed by atoms with E-state index >= 15 is 0 Å². The van der Waals surface area contributed by atoms with Crippen LogP contribution in [0.25, 0.3) is 0 Å². The van der Waals surface area contributed by atoms with Crippen molar-refractivity contribution in [3.05, 3.63) is 77.2 Å². The Morgan fingerprint density at radius 1 is 1.10 bits per heavy atom. The van der Waals surface area contributed by atoms with Crippen LogP contribution in [0.15, 0.2) is 59.1 Å². The first-order chi connectivity index (χ1) is 14.4. The standard InChI is InChI=1S/C23H24N2O5/c1-15(18-6-5-7-20(12-18)28-4)25(3)23(27)22-13-21(30-24-22)14-29-19-10-8-17(9-11-19)16(2)26/h5-13,15H,14H2,1-4H3/t15-/m1/s1. The van der Waals surface area contributed by atoms with Crippen LogP contribution in [0.1, 0.15) is 52.1 Å². The molecule has 0 aliphatic rings. The van der Waals surface area contributed by atoms with Crippen molar-refractivity contribution in [2.75, 3.05) is 14.2 Å². The van der Waals surface area contributed by atoms with Crippen molar-refractivity contribution in [2.24, 2.45) is 0 Å². The molecule has 0 bridgehead atoms. The molecule has 0 spiro atoms. The Morgan fingerprint density at radius 3 is 2.50 bits per heavy atom. The fourth-order valence-electron chi connectivity index (χ4n) is 2.90. The van der Waals surface area contributed by atoms with Gasteiger partial charge in [0.25, 0.3) is 5.91 Å². The number of rotatable bonds is 8. The van der Waals surface area contributed by atoms with Gasteiger partial charge in [0.05, 0.1) is 13.2 Å². The molecule has 0 radical (unpaired) electrons. The van der Waals surface area contributed by atoms with E-state index in [4.69, 9.17) is 14.0 Å². The predicted molar refractivity (Wildman–Crippen MR) is 111 cm³/mol. The van der Waals surface area contributed by atoms with Crippen LogP contribution in [0.2, 0.25) is 0 Å². The molecule has 1 amide bonds. The summed E-state index contributed by atoms with van der Waals surface area (Å²) in [6.07, 6.45) is 0. The summed E-state index contributed by atoms with van der Waals surface area (Å²) in [5.41, 5.74) is 1.77. The fraction of sp³-hybridized carbons (Fsp3) is 0.261. The van der Waals surface area contributed by atoms with Crippen molar-refractivity contribution < 1.29 is 23.6 Å². The van der Waals surface area contributed by atoms with E-state index < -0.39 is 0 Å². The van der Waals surface area contributed by atoms with Crippen LogP contribution in [-0.2, 0) is 6.61 Å². The number of ether oxygens (including phenoxy) is 2. The zero-order valence-corrected chi connectivity index (χ0v) is 17.4. The molecule has 3 rings (SSSR count). The Morgan fingerprint density at radius 2 is 1.83 bits per heavy atom. The van der Waals surface area contributed by atoms with Gasteiger partial charge in [-0.1, -0.05) is 17.3 Å². The number of benzene rings is 2. The van der Waals surface area contributed by atoms with Gasteiger partial charge in [0.15, 0.2) is 17.2 Å². The molecule has 0 unspecified atom stereocenters. The molecule has 0 saturated carbocycles. The Hall–Kier alpha value is -3.61. The highest BCUT2D eigenvalue weighted by Crippen LogP contribution is 2.24. The number of methoxy groups -OCH3 is 1. The summed E-state index contributed by atoms with van der Waals surface area (Å²) < 4.78 is 16.1. The van der Waals surface area contributed by atoms with Gasteiger partial charge in [0.1, 0.15) is 18.1 Å². The molecule has 0 aliphatic carbocycles. The molecule has 30 heavy (non-hydrogen) atoms. The molecule has 1 heterocycles. The van der Waals surface area contributed by atoms with E-state index in [2.05, 4.69) is 5.16 Å². The normalized spacial score (nSPS) is 11.6. The van der Waals surface area contributed by atoms with Crippen LogP contribution in [-0.4, -0.2) is 35.9 Å². The Labute approximate surface area is 175 Å². The van der Waals surface area contributed by atoms with Gasteiger partial charge in [-0.2, -0.15) is 0 Å². The number of carbonyl (C=O) groups is 2. The third-order valence-electron chi connectivity index (χ3n) is 4.90.